The van der Waals surface area contributed by atoms with Gasteiger partial charge in [0.2, 0.25) is 10.0 Å². The molecule has 0 aliphatic carbocycles. The van der Waals surface area contributed by atoms with Crippen molar-refractivity contribution >= 4 is 16.0 Å². The molecule has 0 amide bonds. The van der Waals surface area contributed by atoms with Gasteiger partial charge in [0.05, 0.1) is 24.2 Å². The summed E-state index contributed by atoms with van der Waals surface area (Å²) in [6.07, 6.45) is 3.98. The molecule has 0 radical (unpaired) electrons. The van der Waals surface area contributed by atoms with E-state index in [0.29, 0.717) is 13.0 Å². The summed E-state index contributed by atoms with van der Waals surface area (Å²) in [6, 6.07) is 6.45. The second-order valence-electron chi connectivity index (χ2n) is 6.07. The van der Waals surface area contributed by atoms with E-state index in [1.807, 2.05) is 12.1 Å². The topological polar surface area (TPSA) is 126 Å². The minimum Gasteiger partial charge on any atom is -0.507 e. The zero-order valence-corrected chi connectivity index (χ0v) is 14.5. The van der Waals surface area contributed by atoms with Crippen LogP contribution in [0.1, 0.15) is 15.9 Å². The Morgan fingerprint density at radius 3 is 2.65 bits per heavy atom. The van der Waals surface area contributed by atoms with Gasteiger partial charge in [-0.1, -0.05) is 0 Å². The van der Waals surface area contributed by atoms with E-state index < -0.39 is 33.3 Å². The lowest BCUT2D eigenvalue weighted by Crippen LogP contribution is -2.40. The van der Waals surface area contributed by atoms with Crippen LogP contribution in [0.3, 0.4) is 0 Å². The monoisotopic (exact) mass is 378 g/mol. The van der Waals surface area contributed by atoms with Crippen molar-refractivity contribution in [1.29, 1.82) is 0 Å². The molecule has 2 heterocycles. The van der Waals surface area contributed by atoms with Crippen LogP contribution in [0.25, 0.3) is 0 Å². The summed E-state index contributed by atoms with van der Waals surface area (Å²) in [6.45, 7) is 0.657. The molecule has 1 aliphatic rings. The van der Waals surface area contributed by atoms with Crippen molar-refractivity contribution in [1.82, 2.24) is 9.71 Å². The van der Waals surface area contributed by atoms with Crippen molar-refractivity contribution in [2.75, 3.05) is 13.2 Å². The largest absolute Gasteiger partial charge is 0.507 e. The summed E-state index contributed by atoms with van der Waals surface area (Å²) in [5.74, 6) is -1.95. The third-order valence-corrected chi connectivity index (χ3v) is 5.75. The zero-order chi connectivity index (χ0) is 18.7. The Kier molecular flexibility index (Phi) is 5.21. The molecule has 0 spiro atoms. The number of aromatic carboxylic acids is 1. The van der Waals surface area contributed by atoms with Crippen LogP contribution in [0.5, 0.6) is 5.75 Å². The molecule has 9 heteroatoms. The maximum absolute atomic E-state index is 12.6. The first-order valence-electron chi connectivity index (χ1n) is 7.92. The first-order valence-corrected chi connectivity index (χ1v) is 9.40. The number of aromatic hydroxyl groups is 1. The molecule has 2 atom stereocenters. The van der Waals surface area contributed by atoms with Crippen molar-refractivity contribution in [3.05, 3.63) is 53.9 Å². The number of phenols is 1. The zero-order valence-electron chi connectivity index (χ0n) is 13.7. The molecule has 26 heavy (non-hydrogen) atoms. The Morgan fingerprint density at radius 2 is 1.96 bits per heavy atom. The van der Waals surface area contributed by atoms with E-state index in [2.05, 4.69) is 9.71 Å². The lowest BCUT2D eigenvalue weighted by molar-refractivity contribution is 0.0693. The van der Waals surface area contributed by atoms with Gasteiger partial charge in [0.25, 0.3) is 0 Å². The summed E-state index contributed by atoms with van der Waals surface area (Å²) in [7, 11) is -3.96. The fourth-order valence-electron chi connectivity index (χ4n) is 2.87. The van der Waals surface area contributed by atoms with Gasteiger partial charge in [-0.25, -0.2) is 17.9 Å². The van der Waals surface area contributed by atoms with Crippen LogP contribution < -0.4 is 4.72 Å². The number of sulfonamides is 1. The van der Waals surface area contributed by atoms with Crippen molar-refractivity contribution in [2.24, 2.45) is 5.92 Å². The van der Waals surface area contributed by atoms with Gasteiger partial charge in [0.1, 0.15) is 11.3 Å². The van der Waals surface area contributed by atoms with Crippen LogP contribution >= 0.6 is 0 Å². The molecule has 3 rings (SSSR count). The first kappa shape index (κ1) is 18.3. The molecule has 0 bridgehead atoms. The van der Waals surface area contributed by atoms with E-state index >= 15 is 0 Å². The highest BCUT2D eigenvalue weighted by Crippen LogP contribution is 2.24. The van der Waals surface area contributed by atoms with Crippen LogP contribution in [0.4, 0.5) is 0 Å². The number of carboxylic acid groups (broad SMARTS) is 1. The van der Waals surface area contributed by atoms with E-state index in [0.717, 1.165) is 23.8 Å². The molecule has 0 unspecified atom stereocenters. The fraction of sp³-hybridized carbons (Fsp3) is 0.294. The minimum atomic E-state index is -3.96. The van der Waals surface area contributed by atoms with Crippen molar-refractivity contribution in [3.8, 4) is 5.75 Å². The number of ether oxygens (including phenoxy) is 1. The van der Waals surface area contributed by atoms with Gasteiger partial charge in [-0.2, -0.15) is 0 Å². The molecule has 0 saturated carbocycles. The third kappa shape index (κ3) is 4.01. The molecule has 1 aromatic heterocycles. The van der Waals surface area contributed by atoms with Crippen LogP contribution in [0.15, 0.2) is 47.6 Å². The van der Waals surface area contributed by atoms with E-state index in [1.54, 1.807) is 12.4 Å². The summed E-state index contributed by atoms with van der Waals surface area (Å²) in [4.78, 5) is 14.8. The van der Waals surface area contributed by atoms with Crippen LogP contribution in [-0.2, 0) is 21.2 Å². The smallest absolute Gasteiger partial charge is 0.339 e. The lowest BCUT2D eigenvalue weighted by Gasteiger charge is -2.19. The standard InChI is InChI=1S/C17H18N2O6S/c20-16-2-1-13(8-14(16)17(21)22)26(23,24)19-15-10-25-9-12(15)7-11-3-5-18-6-4-11/h1-6,8,12,15,19-20H,7,9-10H2,(H,21,22)/t12-,15+/m1/s1. The number of benzene rings is 1. The molecular formula is C17H18N2O6S. The maximum Gasteiger partial charge on any atom is 0.339 e. The highest BCUT2D eigenvalue weighted by molar-refractivity contribution is 7.89. The maximum atomic E-state index is 12.6. The molecule has 2 aromatic rings. The predicted octanol–water partition coefficient (Wildman–Crippen LogP) is 1.02. The van der Waals surface area contributed by atoms with Crippen LogP contribution in [-0.4, -0.2) is 48.8 Å². The second kappa shape index (κ2) is 7.40. The Morgan fingerprint density at radius 1 is 1.23 bits per heavy atom. The van der Waals surface area contributed by atoms with Crippen molar-refractivity contribution in [2.45, 2.75) is 17.4 Å². The van der Waals surface area contributed by atoms with Gasteiger partial charge < -0.3 is 14.9 Å². The molecule has 3 N–H and O–H groups in total. The Labute approximate surface area is 150 Å². The summed E-state index contributed by atoms with van der Waals surface area (Å²) >= 11 is 0. The number of carbonyl (C=O) groups is 1. The number of carboxylic acids is 1. The van der Waals surface area contributed by atoms with Crippen LogP contribution in [0, 0.1) is 5.92 Å². The summed E-state index contributed by atoms with van der Waals surface area (Å²) in [5.41, 5.74) is 0.557. The molecule has 8 nitrogen and oxygen atoms in total. The number of rotatable bonds is 6. The number of hydrogen-bond donors (Lipinski definition) is 3. The number of nitrogens with one attached hydrogen (secondary N) is 1. The molecule has 1 fully saturated rings. The fourth-order valence-corrected chi connectivity index (χ4v) is 4.19. The lowest BCUT2D eigenvalue weighted by atomic mass is 9.96. The highest BCUT2D eigenvalue weighted by atomic mass is 32.2. The molecule has 1 saturated heterocycles. The van der Waals surface area contributed by atoms with Crippen LogP contribution in [0.2, 0.25) is 0 Å². The van der Waals surface area contributed by atoms with E-state index in [1.165, 1.54) is 0 Å². The molecule has 1 aliphatic heterocycles. The van der Waals surface area contributed by atoms with E-state index in [4.69, 9.17) is 9.84 Å². The van der Waals surface area contributed by atoms with Gasteiger partial charge in [0, 0.05) is 18.3 Å². The van der Waals surface area contributed by atoms with Gasteiger partial charge in [-0.15, -0.1) is 0 Å². The second-order valence-corrected chi connectivity index (χ2v) is 7.78. The van der Waals surface area contributed by atoms with Gasteiger partial charge in [0.15, 0.2) is 0 Å². The van der Waals surface area contributed by atoms with Gasteiger partial charge in [-0.3, -0.25) is 4.98 Å². The van der Waals surface area contributed by atoms with Gasteiger partial charge in [-0.05, 0) is 42.3 Å². The number of hydrogen-bond acceptors (Lipinski definition) is 6. The minimum absolute atomic E-state index is 0.0526. The molecular weight excluding hydrogens is 360 g/mol. The molecule has 138 valence electrons. The SMILES string of the molecule is O=C(O)c1cc(S(=O)(=O)N[C@H]2COC[C@H]2Cc2ccncc2)ccc1O. The van der Waals surface area contributed by atoms with Crippen molar-refractivity contribution in [3.63, 3.8) is 0 Å². The van der Waals surface area contributed by atoms with Crippen molar-refractivity contribution < 1.29 is 28.2 Å². The Balaban J connectivity index is 1.78. The first-order chi connectivity index (χ1) is 12.4. The summed E-state index contributed by atoms with van der Waals surface area (Å²) < 4.78 is 33.3. The Bertz CT molecular complexity index is 901. The Hall–Kier alpha value is -2.49. The van der Waals surface area contributed by atoms with Gasteiger partial charge >= 0.3 is 5.97 Å². The number of nitrogens with zero attached hydrogens (tertiary/aromatic N) is 1. The average Bonchev–Trinajstić information content (AvgIpc) is 3.02. The molecule has 1 aromatic carbocycles. The van der Waals surface area contributed by atoms with E-state index in [-0.39, 0.29) is 17.4 Å². The number of aromatic nitrogens is 1. The summed E-state index contributed by atoms with van der Waals surface area (Å²) in [5, 5.41) is 18.6. The van der Waals surface area contributed by atoms with E-state index in [9.17, 15) is 18.3 Å². The quantitative estimate of drug-likeness (QED) is 0.685. The average molecular weight is 378 g/mol. The normalized spacial score (nSPS) is 20.2. The third-order valence-electron chi connectivity index (χ3n) is 4.26. The highest BCUT2D eigenvalue weighted by Gasteiger charge is 2.32. The predicted molar refractivity (Wildman–Crippen MR) is 91.4 cm³/mol. The number of pyridine rings is 1.